The minimum Gasteiger partial charge on any atom is -0.465 e. The van der Waals surface area contributed by atoms with Gasteiger partial charge >= 0.3 is 0 Å². The van der Waals surface area contributed by atoms with Crippen LogP contribution in [0.1, 0.15) is 25.9 Å². The maximum atomic E-state index is 12.1. The normalized spacial score (nSPS) is 11.5. The topological polar surface area (TPSA) is 30.2 Å². The molecule has 0 spiro atoms. The lowest BCUT2D eigenvalue weighted by molar-refractivity contribution is 0.105. The van der Waals surface area contributed by atoms with Crippen LogP contribution in [0.3, 0.4) is 0 Å². The Morgan fingerprint density at radius 2 is 1.87 bits per heavy atom. The van der Waals surface area contributed by atoms with Crippen LogP contribution in [0.5, 0.6) is 0 Å². The molecule has 0 aliphatic heterocycles. The zero-order valence-electron chi connectivity index (χ0n) is 12.5. The number of hydrogen-bond acceptors (Lipinski definition) is 3. The van der Waals surface area contributed by atoms with Crippen LogP contribution in [0.4, 0.5) is 0 Å². The Kier molecular flexibility index (Phi) is 5.02. The maximum absolute atomic E-state index is 12.1. The minimum atomic E-state index is 0.0263. The van der Waals surface area contributed by atoms with Gasteiger partial charge < -0.3 is 4.42 Å². The van der Waals surface area contributed by atoms with E-state index in [1.54, 1.807) is 35.8 Å². The average Bonchev–Trinajstić information content (AvgIpc) is 3.24. The molecular formula is C20H16O2S. The number of carbonyl (C=O) groups is 1. The van der Waals surface area contributed by atoms with Crippen molar-refractivity contribution in [2.45, 2.75) is 6.42 Å². The highest BCUT2D eigenvalue weighted by molar-refractivity contribution is 7.14. The van der Waals surface area contributed by atoms with Crippen LogP contribution in [0.15, 0.2) is 83.5 Å². The highest BCUT2D eigenvalue weighted by Gasteiger charge is 2.06. The first-order valence-corrected chi connectivity index (χ1v) is 8.18. The van der Waals surface area contributed by atoms with E-state index in [1.165, 1.54) is 10.4 Å². The molecule has 0 amide bonds. The Hall–Kier alpha value is -2.65. The molecule has 3 heteroatoms. The molecule has 0 aliphatic carbocycles. The maximum Gasteiger partial charge on any atom is 0.195 e. The molecule has 0 N–H and O–H groups in total. The molecule has 0 aliphatic rings. The van der Waals surface area contributed by atoms with Crippen molar-refractivity contribution < 1.29 is 9.21 Å². The summed E-state index contributed by atoms with van der Waals surface area (Å²) in [6.07, 6.45) is 9.42. The molecule has 2 heterocycles. The summed E-state index contributed by atoms with van der Waals surface area (Å²) in [7, 11) is 0. The summed E-state index contributed by atoms with van der Waals surface area (Å²) < 4.78 is 5.18. The third-order valence-electron chi connectivity index (χ3n) is 3.29. The van der Waals surface area contributed by atoms with Crippen molar-refractivity contribution in [3.05, 3.63) is 100 Å². The van der Waals surface area contributed by atoms with Crippen LogP contribution in [-0.4, -0.2) is 5.78 Å². The molecule has 0 radical (unpaired) electrons. The Labute approximate surface area is 139 Å². The fraction of sp³-hybridized carbons (Fsp3) is 0.0500. The molecule has 3 aromatic rings. The third kappa shape index (κ3) is 4.41. The van der Waals surface area contributed by atoms with Crippen molar-refractivity contribution in [2.75, 3.05) is 0 Å². The van der Waals surface area contributed by atoms with Gasteiger partial charge in [0.2, 0.25) is 0 Å². The Balaban J connectivity index is 1.60. The summed E-state index contributed by atoms with van der Waals surface area (Å²) in [4.78, 5) is 14.1. The van der Waals surface area contributed by atoms with Crippen LogP contribution in [-0.2, 0) is 6.42 Å². The van der Waals surface area contributed by atoms with Crippen molar-refractivity contribution in [1.82, 2.24) is 0 Å². The van der Waals surface area contributed by atoms with Gasteiger partial charge in [-0.2, -0.15) is 0 Å². The number of carbonyl (C=O) groups excluding carboxylic acids is 1. The van der Waals surface area contributed by atoms with Gasteiger partial charge in [0.1, 0.15) is 5.76 Å². The van der Waals surface area contributed by atoms with Crippen LogP contribution in [0, 0.1) is 0 Å². The SMILES string of the molecule is O=C(/C=C/C=C/c1ccco1)c1ccc(Cc2ccccc2)s1. The number of ketones is 1. The third-order valence-corrected chi connectivity index (χ3v) is 4.39. The fourth-order valence-electron chi connectivity index (χ4n) is 2.16. The van der Waals surface area contributed by atoms with Gasteiger partial charge in [0, 0.05) is 11.3 Å². The molecule has 0 unspecified atom stereocenters. The van der Waals surface area contributed by atoms with E-state index in [0.29, 0.717) is 0 Å². The number of allylic oxidation sites excluding steroid dienone is 3. The molecule has 0 saturated carbocycles. The zero-order valence-corrected chi connectivity index (χ0v) is 13.3. The van der Waals surface area contributed by atoms with E-state index >= 15 is 0 Å². The van der Waals surface area contributed by atoms with Gasteiger partial charge in [0.05, 0.1) is 11.1 Å². The van der Waals surface area contributed by atoms with E-state index in [1.807, 2.05) is 48.5 Å². The predicted molar refractivity (Wildman–Crippen MR) is 94.8 cm³/mol. The molecule has 0 atom stereocenters. The highest BCUT2D eigenvalue weighted by atomic mass is 32.1. The first-order chi connectivity index (χ1) is 11.3. The lowest BCUT2D eigenvalue weighted by atomic mass is 10.1. The predicted octanol–water partition coefficient (Wildman–Crippen LogP) is 5.38. The summed E-state index contributed by atoms with van der Waals surface area (Å²) in [5.74, 6) is 0.793. The summed E-state index contributed by atoms with van der Waals surface area (Å²) in [5.41, 5.74) is 1.25. The molecule has 2 aromatic heterocycles. The Morgan fingerprint density at radius 3 is 2.65 bits per heavy atom. The van der Waals surface area contributed by atoms with E-state index in [2.05, 4.69) is 12.1 Å². The number of thiophene rings is 1. The zero-order chi connectivity index (χ0) is 15.9. The second kappa shape index (κ2) is 7.56. The minimum absolute atomic E-state index is 0.0263. The second-order valence-electron chi connectivity index (χ2n) is 5.03. The molecule has 0 fully saturated rings. The molecule has 3 rings (SSSR count). The quantitative estimate of drug-likeness (QED) is 0.346. The van der Waals surface area contributed by atoms with E-state index in [9.17, 15) is 4.79 Å². The highest BCUT2D eigenvalue weighted by Crippen LogP contribution is 2.20. The lowest BCUT2D eigenvalue weighted by Crippen LogP contribution is -1.88. The summed E-state index contributed by atoms with van der Waals surface area (Å²) >= 11 is 1.55. The largest absolute Gasteiger partial charge is 0.465 e. The number of hydrogen-bond donors (Lipinski definition) is 0. The van der Waals surface area contributed by atoms with E-state index in [-0.39, 0.29) is 5.78 Å². The van der Waals surface area contributed by atoms with Gasteiger partial charge in [-0.25, -0.2) is 0 Å². The second-order valence-corrected chi connectivity index (χ2v) is 6.19. The smallest absolute Gasteiger partial charge is 0.195 e. The molecule has 114 valence electrons. The first kappa shape index (κ1) is 15.3. The van der Waals surface area contributed by atoms with Gasteiger partial charge in [0.15, 0.2) is 5.78 Å². The number of rotatable bonds is 6. The average molecular weight is 320 g/mol. The van der Waals surface area contributed by atoms with Gasteiger partial charge in [-0.05, 0) is 42.0 Å². The van der Waals surface area contributed by atoms with Crippen molar-refractivity contribution >= 4 is 23.2 Å². The van der Waals surface area contributed by atoms with Crippen LogP contribution in [0.2, 0.25) is 0 Å². The van der Waals surface area contributed by atoms with E-state index in [0.717, 1.165) is 17.1 Å². The monoisotopic (exact) mass is 320 g/mol. The van der Waals surface area contributed by atoms with Crippen molar-refractivity contribution in [2.24, 2.45) is 0 Å². The van der Waals surface area contributed by atoms with E-state index in [4.69, 9.17) is 4.42 Å². The lowest BCUT2D eigenvalue weighted by Gasteiger charge is -1.96. The Bertz CT molecular complexity index is 808. The summed E-state index contributed by atoms with van der Waals surface area (Å²) in [6, 6.07) is 17.9. The molecule has 0 saturated heterocycles. The van der Waals surface area contributed by atoms with Crippen molar-refractivity contribution in [3.8, 4) is 0 Å². The van der Waals surface area contributed by atoms with Crippen LogP contribution < -0.4 is 0 Å². The fourth-order valence-corrected chi connectivity index (χ4v) is 3.13. The first-order valence-electron chi connectivity index (χ1n) is 7.36. The van der Waals surface area contributed by atoms with Gasteiger partial charge in [-0.3, -0.25) is 4.79 Å². The number of benzene rings is 1. The Morgan fingerprint density at radius 1 is 1.00 bits per heavy atom. The molecule has 23 heavy (non-hydrogen) atoms. The van der Waals surface area contributed by atoms with Crippen LogP contribution in [0.25, 0.3) is 6.08 Å². The van der Waals surface area contributed by atoms with Crippen molar-refractivity contribution in [3.63, 3.8) is 0 Å². The number of furan rings is 1. The van der Waals surface area contributed by atoms with Crippen LogP contribution >= 0.6 is 11.3 Å². The summed E-state index contributed by atoms with van der Waals surface area (Å²) in [6.45, 7) is 0. The van der Waals surface area contributed by atoms with Gasteiger partial charge in [0.25, 0.3) is 0 Å². The standard InChI is InChI=1S/C20H16O2S/c21-19(11-5-4-9-17-10-6-14-22-17)20-13-12-18(23-20)15-16-7-2-1-3-8-16/h1-14H,15H2/b9-4+,11-5+. The molecular weight excluding hydrogens is 304 g/mol. The molecule has 2 nitrogen and oxygen atoms in total. The molecule has 0 bridgehead atoms. The van der Waals surface area contributed by atoms with E-state index < -0.39 is 0 Å². The summed E-state index contributed by atoms with van der Waals surface area (Å²) in [5, 5.41) is 0. The van der Waals surface area contributed by atoms with Crippen molar-refractivity contribution in [1.29, 1.82) is 0 Å². The van der Waals surface area contributed by atoms with Gasteiger partial charge in [-0.15, -0.1) is 11.3 Å². The van der Waals surface area contributed by atoms with Gasteiger partial charge in [-0.1, -0.05) is 42.5 Å². The molecule has 1 aromatic carbocycles.